The zero-order valence-electron chi connectivity index (χ0n) is 9.80. The Morgan fingerprint density at radius 3 is 2.63 bits per heavy atom. The number of benzene rings is 1. The van der Waals surface area contributed by atoms with Gasteiger partial charge < -0.3 is 15.5 Å². The van der Waals surface area contributed by atoms with Crippen LogP contribution in [-0.4, -0.2) is 21.1 Å². The van der Waals surface area contributed by atoms with E-state index in [1.165, 1.54) is 24.4 Å². The minimum atomic E-state index is -0.343. The minimum absolute atomic E-state index is 0.200. The summed E-state index contributed by atoms with van der Waals surface area (Å²) in [6.45, 7) is 0.219. The molecule has 2 rings (SSSR count). The van der Waals surface area contributed by atoms with Crippen molar-refractivity contribution in [2.75, 3.05) is 0 Å². The fourth-order valence-corrected chi connectivity index (χ4v) is 1.57. The van der Waals surface area contributed by atoms with E-state index in [1.54, 1.807) is 12.1 Å². The summed E-state index contributed by atoms with van der Waals surface area (Å²) in [5, 5.41) is 21.6. The molecule has 0 saturated carbocycles. The van der Waals surface area contributed by atoms with Crippen LogP contribution in [0.1, 0.15) is 16.1 Å². The maximum absolute atomic E-state index is 11.8. The third-order valence-corrected chi connectivity index (χ3v) is 2.68. The lowest BCUT2D eigenvalue weighted by Crippen LogP contribution is -2.23. The van der Waals surface area contributed by atoms with Crippen molar-refractivity contribution >= 4 is 17.5 Å². The molecule has 0 aliphatic carbocycles. The van der Waals surface area contributed by atoms with Gasteiger partial charge in [0.25, 0.3) is 5.91 Å². The number of halogens is 1. The molecule has 0 unspecified atom stereocenters. The molecule has 19 heavy (non-hydrogen) atoms. The maximum atomic E-state index is 11.8. The van der Waals surface area contributed by atoms with E-state index in [2.05, 4.69) is 10.3 Å². The van der Waals surface area contributed by atoms with E-state index in [4.69, 9.17) is 16.7 Å². The van der Waals surface area contributed by atoms with Crippen LogP contribution in [0.5, 0.6) is 11.5 Å². The van der Waals surface area contributed by atoms with Crippen molar-refractivity contribution in [3.63, 3.8) is 0 Å². The summed E-state index contributed by atoms with van der Waals surface area (Å²) < 4.78 is 0. The Balaban J connectivity index is 2.00. The van der Waals surface area contributed by atoms with Crippen LogP contribution in [0, 0.1) is 0 Å². The average molecular weight is 279 g/mol. The summed E-state index contributed by atoms with van der Waals surface area (Å²) in [6.07, 6.45) is 1.39. The molecule has 3 N–H and O–H groups in total. The number of nitrogens with zero attached hydrogens (tertiary/aromatic N) is 1. The summed E-state index contributed by atoms with van der Waals surface area (Å²) in [4.78, 5) is 15.6. The molecule has 1 aromatic heterocycles. The van der Waals surface area contributed by atoms with Crippen LogP contribution in [0.3, 0.4) is 0 Å². The SMILES string of the molecule is O=C(NCc1ccc(O)c(O)c1)c1ccc(Cl)cn1. The average Bonchev–Trinajstić information content (AvgIpc) is 2.40. The number of amides is 1. The highest BCUT2D eigenvalue weighted by Crippen LogP contribution is 2.24. The number of aromatic hydroxyl groups is 2. The van der Waals surface area contributed by atoms with Crippen molar-refractivity contribution < 1.29 is 15.0 Å². The van der Waals surface area contributed by atoms with E-state index < -0.39 is 0 Å². The highest BCUT2D eigenvalue weighted by atomic mass is 35.5. The van der Waals surface area contributed by atoms with Gasteiger partial charge in [-0.1, -0.05) is 17.7 Å². The second kappa shape index (κ2) is 5.58. The van der Waals surface area contributed by atoms with Crippen LogP contribution in [0.4, 0.5) is 0 Å². The second-order valence-corrected chi connectivity index (χ2v) is 4.30. The maximum Gasteiger partial charge on any atom is 0.270 e. The van der Waals surface area contributed by atoms with Crippen molar-refractivity contribution in [1.82, 2.24) is 10.3 Å². The Morgan fingerprint density at radius 1 is 1.21 bits per heavy atom. The third kappa shape index (κ3) is 3.35. The molecule has 0 fully saturated rings. The van der Waals surface area contributed by atoms with Crippen molar-refractivity contribution in [2.45, 2.75) is 6.54 Å². The Labute approximate surface area is 114 Å². The number of nitrogens with one attached hydrogen (secondary N) is 1. The zero-order chi connectivity index (χ0) is 13.8. The lowest BCUT2D eigenvalue weighted by Gasteiger charge is -2.06. The van der Waals surface area contributed by atoms with Gasteiger partial charge in [-0.3, -0.25) is 4.79 Å². The number of hydrogen-bond donors (Lipinski definition) is 3. The first kappa shape index (κ1) is 13.2. The van der Waals surface area contributed by atoms with Crippen molar-refractivity contribution in [2.24, 2.45) is 0 Å². The monoisotopic (exact) mass is 278 g/mol. The third-order valence-electron chi connectivity index (χ3n) is 2.45. The number of carbonyl (C=O) groups is 1. The Bertz CT molecular complexity index is 599. The van der Waals surface area contributed by atoms with Crippen LogP contribution >= 0.6 is 11.6 Å². The van der Waals surface area contributed by atoms with Crippen molar-refractivity contribution in [3.8, 4) is 11.5 Å². The number of aromatic nitrogens is 1. The van der Waals surface area contributed by atoms with Gasteiger partial charge in [-0.2, -0.15) is 0 Å². The Hall–Kier alpha value is -2.27. The molecule has 98 valence electrons. The number of hydrogen-bond acceptors (Lipinski definition) is 4. The van der Waals surface area contributed by atoms with Gasteiger partial charge in [0.05, 0.1) is 5.02 Å². The summed E-state index contributed by atoms with van der Waals surface area (Å²) >= 11 is 5.68. The highest BCUT2D eigenvalue weighted by molar-refractivity contribution is 6.30. The van der Waals surface area contributed by atoms with E-state index in [9.17, 15) is 9.90 Å². The largest absolute Gasteiger partial charge is 0.504 e. The lowest BCUT2D eigenvalue weighted by atomic mass is 10.2. The standard InChI is InChI=1S/C13H11ClN2O3/c14-9-2-3-10(15-7-9)13(19)16-6-8-1-4-11(17)12(18)5-8/h1-5,7,17-18H,6H2,(H,16,19). The quantitative estimate of drug-likeness (QED) is 0.751. The normalized spacial score (nSPS) is 10.2. The summed E-state index contributed by atoms with van der Waals surface area (Å²) in [7, 11) is 0. The Kier molecular flexibility index (Phi) is 3.87. The molecule has 0 aliphatic rings. The van der Waals surface area contributed by atoms with Crippen molar-refractivity contribution in [3.05, 3.63) is 52.8 Å². The number of phenols is 2. The van der Waals surface area contributed by atoms with Gasteiger partial charge in [-0.25, -0.2) is 4.98 Å². The molecule has 6 heteroatoms. The van der Waals surface area contributed by atoms with E-state index in [1.807, 2.05) is 0 Å². The number of phenolic OH excluding ortho intramolecular Hbond substituents is 2. The van der Waals surface area contributed by atoms with Crippen LogP contribution in [0.25, 0.3) is 0 Å². The predicted molar refractivity (Wildman–Crippen MR) is 70.2 cm³/mol. The van der Waals surface area contributed by atoms with Gasteiger partial charge >= 0.3 is 0 Å². The molecule has 2 aromatic rings. The fourth-order valence-electron chi connectivity index (χ4n) is 1.46. The molecule has 1 amide bonds. The first-order valence-corrected chi connectivity index (χ1v) is 5.84. The van der Waals surface area contributed by atoms with E-state index >= 15 is 0 Å². The zero-order valence-corrected chi connectivity index (χ0v) is 10.6. The molecular formula is C13H11ClN2O3. The molecule has 0 radical (unpaired) electrons. The van der Waals surface area contributed by atoms with Gasteiger partial charge in [-0.05, 0) is 29.8 Å². The summed E-state index contributed by atoms with van der Waals surface area (Å²) in [5.41, 5.74) is 0.921. The predicted octanol–water partition coefficient (Wildman–Crippen LogP) is 2.08. The van der Waals surface area contributed by atoms with Crippen LogP contribution < -0.4 is 5.32 Å². The molecule has 0 atom stereocenters. The molecule has 5 nitrogen and oxygen atoms in total. The minimum Gasteiger partial charge on any atom is -0.504 e. The molecule has 0 bridgehead atoms. The molecule has 1 heterocycles. The highest BCUT2D eigenvalue weighted by Gasteiger charge is 2.07. The lowest BCUT2D eigenvalue weighted by molar-refractivity contribution is 0.0946. The second-order valence-electron chi connectivity index (χ2n) is 3.87. The van der Waals surface area contributed by atoms with Gasteiger partial charge in [0, 0.05) is 12.7 Å². The smallest absolute Gasteiger partial charge is 0.270 e. The van der Waals surface area contributed by atoms with Gasteiger partial charge in [0.1, 0.15) is 5.69 Å². The first-order chi connectivity index (χ1) is 9.06. The number of pyridine rings is 1. The van der Waals surface area contributed by atoms with Gasteiger partial charge in [0.2, 0.25) is 0 Å². The molecule has 1 aromatic carbocycles. The number of carbonyl (C=O) groups excluding carboxylic acids is 1. The van der Waals surface area contributed by atoms with Crippen LogP contribution in [-0.2, 0) is 6.54 Å². The topological polar surface area (TPSA) is 82.5 Å². The summed E-state index contributed by atoms with van der Waals surface area (Å²) in [6, 6.07) is 7.44. The number of rotatable bonds is 3. The molecule has 0 saturated heterocycles. The summed E-state index contributed by atoms with van der Waals surface area (Å²) in [5.74, 6) is -0.768. The van der Waals surface area contributed by atoms with Crippen LogP contribution in [0.15, 0.2) is 36.5 Å². The molecular weight excluding hydrogens is 268 g/mol. The Morgan fingerprint density at radius 2 is 2.00 bits per heavy atom. The van der Waals surface area contributed by atoms with E-state index in [0.29, 0.717) is 10.6 Å². The van der Waals surface area contributed by atoms with E-state index in [0.717, 1.165) is 0 Å². The van der Waals surface area contributed by atoms with E-state index in [-0.39, 0.29) is 29.6 Å². The molecule has 0 aliphatic heterocycles. The first-order valence-electron chi connectivity index (χ1n) is 5.47. The van der Waals surface area contributed by atoms with Crippen LogP contribution in [0.2, 0.25) is 5.02 Å². The molecule has 0 spiro atoms. The van der Waals surface area contributed by atoms with Gasteiger partial charge in [0.15, 0.2) is 11.5 Å². The fraction of sp³-hybridized carbons (Fsp3) is 0.0769. The van der Waals surface area contributed by atoms with Crippen molar-refractivity contribution in [1.29, 1.82) is 0 Å². The van der Waals surface area contributed by atoms with Gasteiger partial charge in [-0.15, -0.1) is 0 Å².